The van der Waals surface area contributed by atoms with Gasteiger partial charge in [-0.3, -0.25) is 5.32 Å². The summed E-state index contributed by atoms with van der Waals surface area (Å²) in [5, 5.41) is 12.8. The second kappa shape index (κ2) is 6.92. The van der Waals surface area contributed by atoms with E-state index in [0.717, 1.165) is 11.3 Å². The fourth-order valence-corrected chi connectivity index (χ4v) is 2.19. The van der Waals surface area contributed by atoms with Gasteiger partial charge in [-0.1, -0.05) is 42.5 Å². The zero-order valence-corrected chi connectivity index (χ0v) is 12.5. The molecule has 0 aliphatic carbocycles. The first kappa shape index (κ1) is 15.1. The minimum Gasteiger partial charge on any atom is -0.497 e. The van der Waals surface area contributed by atoms with Crippen LogP contribution < -0.4 is 10.1 Å². The molecule has 0 fully saturated rings. The third-order valence-electron chi connectivity index (χ3n) is 3.49. The number of hydrogen-bond acceptors (Lipinski definition) is 3. The van der Waals surface area contributed by atoms with Gasteiger partial charge in [-0.2, -0.15) is 5.26 Å². The van der Waals surface area contributed by atoms with Crippen molar-refractivity contribution >= 4 is 0 Å². The molecule has 1 N–H and O–H groups in total. The lowest BCUT2D eigenvalue weighted by molar-refractivity contribution is 0.413. The highest BCUT2D eigenvalue weighted by Gasteiger charge is 2.23. The second-order valence-corrected chi connectivity index (χ2v) is 5.31. The third kappa shape index (κ3) is 4.34. The van der Waals surface area contributed by atoms with Crippen LogP contribution in [0.2, 0.25) is 0 Å². The molecule has 1 unspecified atom stereocenters. The summed E-state index contributed by atoms with van der Waals surface area (Å²) in [4.78, 5) is 0. The van der Waals surface area contributed by atoms with Crippen molar-refractivity contribution in [1.82, 2.24) is 5.32 Å². The van der Waals surface area contributed by atoms with Gasteiger partial charge < -0.3 is 4.74 Å². The molecule has 0 radical (unpaired) electrons. The maximum absolute atomic E-state index is 9.49. The molecule has 0 amide bonds. The Bertz CT molecular complexity index is 601. The zero-order chi connectivity index (χ0) is 15.1. The monoisotopic (exact) mass is 280 g/mol. The van der Waals surface area contributed by atoms with Crippen LogP contribution >= 0.6 is 0 Å². The number of nitrogens with zero attached hydrogens (tertiary/aromatic N) is 1. The molecular weight excluding hydrogens is 260 g/mol. The van der Waals surface area contributed by atoms with Crippen LogP contribution in [0, 0.1) is 11.3 Å². The summed E-state index contributed by atoms with van der Waals surface area (Å²) in [5.74, 6) is 0.828. The standard InChI is InChI=1S/C18H20N2O/c1-18(14-19,20-13-16-6-4-3-5-7-16)12-15-8-10-17(21-2)11-9-15/h3-11,20H,12-13H2,1-2H3. The first-order valence-electron chi connectivity index (χ1n) is 6.98. The predicted octanol–water partition coefficient (Wildman–Crippen LogP) is 3.31. The molecule has 0 spiro atoms. The van der Waals surface area contributed by atoms with Crippen molar-refractivity contribution in [3.63, 3.8) is 0 Å². The van der Waals surface area contributed by atoms with Crippen LogP contribution in [-0.2, 0) is 13.0 Å². The lowest BCUT2D eigenvalue weighted by Crippen LogP contribution is -2.42. The van der Waals surface area contributed by atoms with Crippen molar-refractivity contribution < 1.29 is 4.74 Å². The number of methoxy groups -OCH3 is 1. The van der Waals surface area contributed by atoms with Crippen LogP contribution in [0.1, 0.15) is 18.1 Å². The van der Waals surface area contributed by atoms with Gasteiger partial charge in [0.05, 0.1) is 13.2 Å². The van der Waals surface area contributed by atoms with Crippen LogP contribution in [0.4, 0.5) is 0 Å². The highest BCUT2D eigenvalue weighted by atomic mass is 16.5. The Labute approximate surface area is 126 Å². The summed E-state index contributed by atoms with van der Waals surface area (Å²) in [7, 11) is 1.65. The van der Waals surface area contributed by atoms with Gasteiger partial charge in [-0.25, -0.2) is 0 Å². The van der Waals surface area contributed by atoms with E-state index >= 15 is 0 Å². The van der Waals surface area contributed by atoms with E-state index in [9.17, 15) is 5.26 Å². The van der Waals surface area contributed by atoms with Crippen LogP contribution in [0.3, 0.4) is 0 Å². The highest BCUT2D eigenvalue weighted by Crippen LogP contribution is 2.17. The molecule has 21 heavy (non-hydrogen) atoms. The molecular formula is C18H20N2O. The number of benzene rings is 2. The van der Waals surface area contributed by atoms with E-state index in [0.29, 0.717) is 13.0 Å². The van der Waals surface area contributed by atoms with Crippen LogP contribution in [0.5, 0.6) is 5.75 Å². The maximum atomic E-state index is 9.49. The topological polar surface area (TPSA) is 45.0 Å². The van der Waals surface area contributed by atoms with E-state index < -0.39 is 5.54 Å². The molecule has 0 heterocycles. The molecule has 2 rings (SSSR count). The summed E-state index contributed by atoms with van der Waals surface area (Å²) >= 11 is 0. The molecule has 0 saturated carbocycles. The lowest BCUT2D eigenvalue weighted by Gasteiger charge is -2.23. The molecule has 3 nitrogen and oxygen atoms in total. The average Bonchev–Trinajstić information content (AvgIpc) is 2.55. The minimum absolute atomic E-state index is 0.593. The molecule has 0 aliphatic heterocycles. The van der Waals surface area contributed by atoms with Crippen molar-refractivity contribution in [3.8, 4) is 11.8 Å². The van der Waals surface area contributed by atoms with E-state index in [2.05, 4.69) is 23.5 Å². The number of nitrogens with one attached hydrogen (secondary N) is 1. The normalized spacial score (nSPS) is 13.2. The van der Waals surface area contributed by atoms with E-state index in [4.69, 9.17) is 4.74 Å². The third-order valence-corrected chi connectivity index (χ3v) is 3.49. The molecule has 3 heteroatoms. The Balaban J connectivity index is 2.01. The van der Waals surface area contributed by atoms with Gasteiger partial charge in [0, 0.05) is 13.0 Å². The first-order valence-corrected chi connectivity index (χ1v) is 6.98. The van der Waals surface area contributed by atoms with Crippen molar-refractivity contribution in [2.75, 3.05) is 7.11 Å². The number of hydrogen-bond donors (Lipinski definition) is 1. The summed E-state index contributed by atoms with van der Waals surface area (Å²) in [6.45, 7) is 2.61. The first-order chi connectivity index (χ1) is 10.1. The Hall–Kier alpha value is -2.31. The van der Waals surface area contributed by atoms with Gasteiger partial charge in [0.1, 0.15) is 11.3 Å². The van der Waals surface area contributed by atoms with E-state index in [1.165, 1.54) is 5.56 Å². The van der Waals surface area contributed by atoms with Crippen LogP contribution in [0.25, 0.3) is 0 Å². The zero-order valence-electron chi connectivity index (χ0n) is 12.5. The van der Waals surface area contributed by atoms with Gasteiger partial charge >= 0.3 is 0 Å². The Morgan fingerprint density at radius 3 is 2.29 bits per heavy atom. The Morgan fingerprint density at radius 1 is 1.05 bits per heavy atom. The van der Waals surface area contributed by atoms with E-state index in [-0.39, 0.29) is 0 Å². The number of ether oxygens (including phenoxy) is 1. The fourth-order valence-electron chi connectivity index (χ4n) is 2.19. The molecule has 2 aromatic carbocycles. The SMILES string of the molecule is COc1ccc(CC(C)(C#N)NCc2ccccc2)cc1. The lowest BCUT2D eigenvalue weighted by atomic mass is 9.94. The predicted molar refractivity (Wildman–Crippen MR) is 84.0 cm³/mol. The number of rotatable bonds is 6. The molecule has 0 bridgehead atoms. The maximum Gasteiger partial charge on any atom is 0.118 e. The van der Waals surface area contributed by atoms with Gasteiger partial charge in [0.25, 0.3) is 0 Å². The van der Waals surface area contributed by atoms with Gasteiger partial charge in [0.2, 0.25) is 0 Å². The summed E-state index contributed by atoms with van der Waals surface area (Å²) in [6.07, 6.45) is 0.653. The molecule has 0 aromatic heterocycles. The van der Waals surface area contributed by atoms with Crippen molar-refractivity contribution in [3.05, 3.63) is 65.7 Å². The van der Waals surface area contributed by atoms with Gasteiger partial charge in [-0.05, 0) is 30.2 Å². The average molecular weight is 280 g/mol. The Kier molecular flexibility index (Phi) is 4.97. The fraction of sp³-hybridized carbons (Fsp3) is 0.278. The van der Waals surface area contributed by atoms with Gasteiger partial charge in [0.15, 0.2) is 0 Å². The quantitative estimate of drug-likeness (QED) is 0.883. The van der Waals surface area contributed by atoms with Gasteiger partial charge in [-0.15, -0.1) is 0 Å². The number of nitriles is 1. The van der Waals surface area contributed by atoms with E-state index in [1.807, 2.05) is 49.4 Å². The second-order valence-electron chi connectivity index (χ2n) is 5.31. The highest BCUT2D eigenvalue weighted by molar-refractivity contribution is 5.29. The summed E-state index contributed by atoms with van der Waals surface area (Å²) < 4.78 is 5.15. The molecule has 1 atom stereocenters. The van der Waals surface area contributed by atoms with Crippen molar-refractivity contribution in [2.45, 2.75) is 25.4 Å². The Morgan fingerprint density at radius 2 is 1.71 bits per heavy atom. The van der Waals surface area contributed by atoms with Crippen LogP contribution in [0.15, 0.2) is 54.6 Å². The summed E-state index contributed by atoms with van der Waals surface area (Å²) in [6, 6.07) is 20.3. The molecule has 0 aliphatic rings. The van der Waals surface area contributed by atoms with Crippen molar-refractivity contribution in [2.24, 2.45) is 0 Å². The smallest absolute Gasteiger partial charge is 0.118 e. The molecule has 108 valence electrons. The molecule has 2 aromatic rings. The summed E-state index contributed by atoms with van der Waals surface area (Å²) in [5.41, 5.74) is 1.69. The van der Waals surface area contributed by atoms with Crippen molar-refractivity contribution in [1.29, 1.82) is 5.26 Å². The molecule has 0 saturated heterocycles. The van der Waals surface area contributed by atoms with E-state index in [1.54, 1.807) is 7.11 Å². The van der Waals surface area contributed by atoms with Crippen LogP contribution in [-0.4, -0.2) is 12.6 Å². The minimum atomic E-state index is -0.593. The largest absolute Gasteiger partial charge is 0.497 e.